The standard InChI is InChI=1S/C19H18FN7O/c1-28-19-25-17-13(9-21)5-3-7-15(17)27(19)18-24-16(11-23-26-18)22-10-12-4-2-6-14(20)8-12/h2-8,11H,9-10,21H2,1H3,(H,22,24,26). The van der Waals surface area contributed by atoms with E-state index in [1.54, 1.807) is 10.6 Å². The van der Waals surface area contributed by atoms with E-state index in [0.29, 0.717) is 30.9 Å². The molecule has 142 valence electrons. The van der Waals surface area contributed by atoms with Crippen LogP contribution in [0.3, 0.4) is 0 Å². The molecule has 2 aromatic carbocycles. The summed E-state index contributed by atoms with van der Waals surface area (Å²) < 4.78 is 20.4. The van der Waals surface area contributed by atoms with Gasteiger partial charge in [0.25, 0.3) is 5.95 Å². The Balaban J connectivity index is 1.69. The van der Waals surface area contributed by atoms with E-state index in [1.807, 2.05) is 24.3 Å². The van der Waals surface area contributed by atoms with Crippen molar-refractivity contribution >= 4 is 16.9 Å². The molecule has 0 bridgehead atoms. The smallest absolute Gasteiger partial charge is 0.304 e. The summed E-state index contributed by atoms with van der Waals surface area (Å²) in [5.74, 6) is 0.511. The lowest BCUT2D eigenvalue weighted by molar-refractivity contribution is 0.373. The van der Waals surface area contributed by atoms with Crippen molar-refractivity contribution in [3.8, 4) is 12.0 Å². The molecule has 4 rings (SSSR count). The van der Waals surface area contributed by atoms with Gasteiger partial charge in [0, 0.05) is 13.1 Å². The molecule has 0 spiro atoms. The normalized spacial score (nSPS) is 11.0. The number of nitrogens with two attached hydrogens (primary N) is 1. The van der Waals surface area contributed by atoms with Crippen molar-refractivity contribution in [2.75, 3.05) is 12.4 Å². The van der Waals surface area contributed by atoms with Crippen LogP contribution in [0, 0.1) is 5.82 Å². The number of rotatable bonds is 6. The van der Waals surface area contributed by atoms with Crippen LogP contribution in [0.1, 0.15) is 11.1 Å². The molecule has 9 heteroatoms. The van der Waals surface area contributed by atoms with Crippen molar-refractivity contribution in [1.29, 1.82) is 0 Å². The van der Waals surface area contributed by atoms with E-state index < -0.39 is 0 Å². The van der Waals surface area contributed by atoms with Gasteiger partial charge in [0.05, 0.1) is 24.3 Å². The van der Waals surface area contributed by atoms with E-state index in [2.05, 4.69) is 25.5 Å². The zero-order valence-corrected chi connectivity index (χ0v) is 15.1. The lowest BCUT2D eigenvalue weighted by atomic mass is 10.2. The molecule has 0 saturated carbocycles. The minimum atomic E-state index is -0.286. The first kappa shape index (κ1) is 17.8. The van der Waals surface area contributed by atoms with Gasteiger partial charge in [0.1, 0.15) is 5.82 Å². The van der Waals surface area contributed by atoms with Gasteiger partial charge in [0.15, 0.2) is 5.82 Å². The van der Waals surface area contributed by atoms with E-state index in [4.69, 9.17) is 10.5 Å². The maximum Gasteiger partial charge on any atom is 0.304 e. The van der Waals surface area contributed by atoms with Crippen LogP contribution in [0.25, 0.3) is 17.0 Å². The van der Waals surface area contributed by atoms with Crippen molar-refractivity contribution in [1.82, 2.24) is 24.7 Å². The van der Waals surface area contributed by atoms with Crippen LogP contribution >= 0.6 is 0 Å². The first-order chi connectivity index (χ1) is 13.7. The predicted octanol–water partition coefficient (Wildman–Crippen LogP) is 2.43. The zero-order chi connectivity index (χ0) is 19.5. The van der Waals surface area contributed by atoms with Gasteiger partial charge in [-0.15, -0.1) is 5.10 Å². The highest BCUT2D eigenvalue weighted by Crippen LogP contribution is 2.26. The lowest BCUT2D eigenvalue weighted by Crippen LogP contribution is -2.09. The number of nitrogens with one attached hydrogen (secondary N) is 1. The first-order valence-electron chi connectivity index (χ1n) is 8.62. The number of para-hydroxylation sites is 1. The van der Waals surface area contributed by atoms with Crippen LogP contribution in [0.5, 0.6) is 6.01 Å². The third-order valence-electron chi connectivity index (χ3n) is 4.25. The molecule has 0 amide bonds. The number of aromatic nitrogens is 5. The van der Waals surface area contributed by atoms with Crippen molar-refractivity contribution in [2.45, 2.75) is 13.1 Å². The number of ether oxygens (including phenoxy) is 1. The van der Waals surface area contributed by atoms with Gasteiger partial charge in [0.2, 0.25) is 0 Å². The maximum absolute atomic E-state index is 13.3. The van der Waals surface area contributed by atoms with Crippen LogP contribution in [-0.2, 0) is 13.1 Å². The SMILES string of the molecule is COc1nc2c(CN)cccc2n1-c1nncc(NCc2cccc(F)c2)n1. The fourth-order valence-corrected chi connectivity index (χ4v) is 2.94. The fraction of sp³-hybridized carbons (Fsp3) is 0.158. The molecule has 28 heavy (non-hydrogen) atoms. The molecule has 0 aliphatic heterocycles. The average Bonchev–Trinajstić information content (AvgIpc) is 3.11. The average molecular weight is 379 g/mol. The Labute approximate surface area is 160 Å². The second kappa shape index (κ2) is 7.57. The molecule has 0 unspecified atom stereocenters. The Hall–Kier alpha value is -3.59. The van der Waals surface area contributed by atoms with Gasteiger partial charge in [-0.3, -0.25) is 0 Å². The number of halogens is 1. The minimum absolute atomic E-state index is 0.286. The number of methoxy groups -OCH3 is 1. The third kappa shape index (κ3) is 3.35. The van der Waals surface area contributed by atoms with Crippen molar-refractivity contribution in [3.05, 3.63) is 65.6 Å². The van der Waals surface area contributed by atoms with Gasteiger partial charge in [-0.1, -0.05) is 24.3 Å². The number of benzene rings is 2. The van der Waals surface area contributed by atoms with Gasteiger partial charge < -0.3 is 15.8 Å². The summed E-state index contributed by atoms with van der Waals surface area (Å²) in [5.41, 5.74) is 8.99. The largest absolute Gasteiger partial charge is 0.468 e. The third-order valence-corrected chi connectivity index (χ3v) is 4.25. The molecule has 0 aliphatic carbocycles. The van der Waals surface area contributed by atoms with Gasteiger partial charge in [-0.2, -0.15) is 15.1 Å². The van der Waals surface area contributed by atoms with Crippen molar-refractivity contribution in [2.24, 2.45) is 5.73 Å². The number of imidazole rings is 1. The topological polar surface area (TPSA) is 104 Å². The number of fused-ring (bicyclic) bond motifs is 1. The van der Waals surface area contributed by atoms with Gasteiger partial charge in [-0.25, -0.2) is 8.96 Å². The molecule has 2 heterocycles. The molecule has 8 nitrogen and oxygen atoms in total. The monoisotopic (exact) mass is 379 g/mol. The molecule has 0 saturated heterocycles. The first-order valence-corrected chi connectivity index (χ1v) is 8.62. The number of hydrogen-bond donors (Lipinski definition) is 2. The molecular formula is C19H18FN7O. The molecule has 3 N–H and O–H groups in total. The molecular weight excluding hydrogens is 361 g/mol. The highest BCUT2D eigenvalue weighted by Gasteiger charge is 2.17. The molecule has 0 radical (unpaired) electrons. The second-order valence-corrected chi connectivity index (χ2v) is 6.05. The molecule has 0 aliphatic rings. The van der Waals surface area contributed by atoms with Gasteiger partial charge in [-0.05, 0) is 29.3 Å². The number of nitrogens with zero attached hydrogens (tertiary/aromatic N) is 5. The quantitative estimate of drug-likeness (QED) is 0.530. The van der Waals surface area contributed by atoms with Crippen LogP contribution in [0.4, 0.5) is 10.2 Å². The van der Waals surface area contributed by atoms with E-state index in [9.17, 15) is 4.39 Å². The Morgan fingerprint density at radius 2 is 2.04 bits per heavy atom. The fourth-order valence-electron chi connectivity index (χ4n) is 2.94. The van der Waals surface area contributed by atoms with E-state index in [-0.39, 0.29) is 5.82 Å². The number of hydrogen-bond acceptors (Lipinski definition) is 7. The summed E-state index contributed by atoms with van der Waals surface area (Å²) in [6, 6.07) is 12.4. The molecule has 0 atom stereocenters. The Kier molecular flexibility index (Phi) is 4.81. The van der Waals surface area contributed by atoms with Crippen LogP contribution in [-0.4, -0.2) is 31.8 Å². The molecule has 4 aromatic rings. The summed E-state index contributed by atoms with van der Waals surface area (Å²) in [5, 5.41) is 11.3. The van der Waals surface area contributed by atoms with E-state index >= 15 is 0 Å². The van der Waals surface area contributed by atoms with E-state index in [0.717, 1.165) is 22.2 Å². The van der Waals surface area contributed by atoms with Crippen molar-refractivity contribution in [3.63, 3.8) is 0 Å². The molecule has 0 fully saturated rings. The molecule has 2 aromatic heterocycles. The summed E-state index contributed by atoms with van der Waals surface area (Å²) in [4.78, 5) is 9.00. The summed E-state index contributed by atoms with van der Waals surface area (Å²) in [7, 11) is 1.53. The summed E-state index contributed by atoms with van der Waals surface area (Å²) in [6.45, 7) is 0.751. The van der Waals surface area contributed by atoms with Crippen LogP contribution in [0.15, 0.2) is 48.7 Å². The second-order valence-electron chi connectivity index (χ2n) is 6.05. The summed E-state index contributed by atoms with van der Waals surface area (Å²) >= 11 is 0. The minimum Gasteiger partial charge on any atom is -0.468 e. The number of anilines is 1. The Morgan fingerprint density at radius 3 is 2.82 bits per heavy atom. The Morgan fingerprint density at radius 1 is 1.18 bits per heavy atom. The lowest BCUT2D eigenvalue weighted by Gasteiger charge is -2.09. The van der Waals surface area contributed by atoms with E-state index in [1.165, 1.54) is 25.4 Å². The van der Waals surface area contributed by atoms with Crippen LogP contribution in [0.2, 0.25) is 0 Å². The summed E-state index contributed by atoms with van der Waals surface area (Å²) in [6.07, 6.45) is 1.50. The van der Waals surface area contributed by atoms with Crippen LogP contribution < -0.4 is 15.8 Å². The highest BCUT2D eigenvalue weighted by atomic mass is 19.1. The van der Waals surface area contributed by atoms with Gasteiger partial charge >= 0.3 is 6.01 Å². The Bertz CT molecular complexity index is 1130. The highest BCUT2D eigenvalue weighted by molar-refractivity contribution is 5.81. The maximum atomic E-state index is 13.3. The van der Waals surface area contributed by atoms with Crippen molar-refractivity contribution < 1.29 is 9.13 Å². The predicted molar refractivity (Wildman–Crippen MR) is 103 cm³/mol. The zero-order valence-electron chi connectivity index (χ0n) is 15.1.